The predicted molar refractivity (Wildman–Crippen MR) is 72.7 cm³/mol. The first kappa shape index (κ1) is 13.7. The third kappa shape index (κ3) is 2.51. The van der Waals surface area contributed by atoms with Gasteiger partial charge in [-0.25, -0.2) is 9.59 Å². The number of hydrogen-bond acceptors (Lipinski definition) is 4. The topological polar surface area (TPSA) is 76.5 Å². The van der Waals surface area contributed by atoms with Gasteiger partial charge in [0.2, 0.25) is 0 Å². The van der Waals surface area contributed by atoms with Gasteiger partial charge in [-0.15, -0.1) is 0 Å². The van der Waals surface area contributed by atoms with E-state index in [0.717, 1.165) is 5.56 Å². The van der Waals surface area contributed by atoms with Gasteiger partial charge in [0.1, 0.15) is 0 Å². The van der Waals surface area contributed by atoms with Crippen molar-refractivity contribution >= 4 is 11.9 Å². The molecule has 0 radical (unpaired) electrons. The van der Waals surface area contributed by atoms with E-state index >= 15 is 0 Å². The first-order valence-electron chi connectivity index (χ1n) is 5.91. The lowest BCUT2D eigenvalue weighted by Crippen LogP contribution is -2.09. The van der Waals surface area contributed by atoms with Gasteiger partial charge in [-0.05, 0) is 30.7 Å². The van der Waals surface area contributed by atoms with Crippen molar-refractivity contribution in [1.82, 2.24) is 4.98 Å². The van der Waals surface area contributed by atoms with Crippen molar-refractivity contribution in [2.75, 3.05) is 7.11 Å². The number of ether oxygens (including phenoxy) is 1. The van der Waals surface area contributed by atoms with Crippen molar-refractivity contribution in [1.29, 1.82) is 0 Å². The summed E-state index contributed by atoms with van der Waals surface area (Å²) < 4.78 is 4.71. The van der Waals surface area contributed by atoms with Crippen LogP contribution in [0.1, 0.15) is 26.3 Å². The van der Waals surface area contributed by atoms with Gasteiger partial charge in [0.05, 0.1) is 18.2 Å². The molecule has 0 atom stereocenters. The van der Waals surface area contributed by atoms with Gasteiger partial charge in [-0.3, -0.25) is 4.98 Å². The molecular weight excluding hydrogens is 258 g/mol. The molecule has 20 heavy (non-hydrogen) atoms. The summed E-state index contributed by atoms with van der Waals surface area (Å²) in [5, 5.41) is 9.30. The van der Waals surface area contributed by atoms with E-state index in [4.69, 9.17) is 4.74 Å². The maximum atomic E-state index is 11.8. The largest absolute Gasteiger partial charge is 0.478 e. The number of aromatic nitrogens is 1. The zero-order valence-electron chi connectivity index (χ0n) is 11.1. The normalized spacial score (nSPS) is 10.1. The van der Waals surface area contributed by atoms with E-state index in [1.54, 1.807) is 12.3 Å². The van der Waals surface area contributed by atoms with Crippen LogP contribution >= 0.6 is 0 Å². The van der Waals surface area contributed by atoms with Crippen molar-refractivity contribution in [2.45, 2.75) is 6.92 Å². The second kappa shape index (κ2) is 5.52. The van der Waals surface area contributed by atoms with E-state index in [9.17, 15) is 14.7 Å². The number of pyridine rings is 1. The van der Waals surface area contributed by atoms with E-state index in [1.807, 2.05) is 6.92 Å². The number of aryl methyl sites for hydroxylation is 1. The molecule has 102 valence electrons. The van der Waals surface area contributed by atoms with Gasteiger partial charge in [0.25, 0.3) is 0 Å². The Labute approximate surface area is 115 Å². The van der Waals surface area contributed by atoms with Gasteiger partial charge >= 0.3 is 11.9 Å². The summed E-state index contributed by atoms with van der Waals surface area (Å²) in [6, 6.07) is 6.28. The molecule has 1 aromatic carbocycles. The molecule has 5 nitrogen and oxygen atoms in total. The molecule has 1 aromatic heterocycles. The average molecular weight is 271 g/mol. The van der Waals surface area contributed by atoms with Crippen molar-refractivity contribution in [3.8, 4) is 11.1 Å². The summed E-state index contributed by atoms with van der Waals surface area (Å²) in [5.41, 5.74) is 2.02. The zero-order chi connectivity index (χ0) is 14.7. The predicted octanol–water partition coefficient (Wildman–Crippen LogP) is 2.54. The second-order valence-corrected chi connectivity index (χ2v) is 4.28. The van der Waals surface area contributed by atoms with Gasteiger partial charge < -0.3 is 9.84 Å². The fraction of sp³-hybridized carbons (Fsp3) is 0.133. The lowest BCUT2D eigenvalue weighted by molar-refractivity contribution is 0.0601. The van der Waals surface area contributed by atoms with E-state index in [2.05, 4.69) is 4.98 Å². The molecular formula is C15H13NO4. The number of methoxy groups -OCH3 is 1. The number of carbonyl (C=O) groups is 2. The van der Waals surface area contributed by atoms with E-state index in [1.165, 1.54) is 31.5 Å². The molecule has 0 saturated heterocycles. The molecule has 2 aromatic rings. The van der Waals surface area contributed by atoms with Crippen LogP contribution in [0.3, 0.4) is 0 Å². The number of carbonyl (C=O) groups excluding carboxylic acids is 1. The Bertz CT molecular complexity index is 679. The van der Waals surface area contributed by atoms with Gasteiger partial charge in [-0.1, -0.05) is 6.07 Å². The number of carboxylic acid groups (broad SMARTS) is 1. The highest BCUT2D eigenvalue weighted by Gasteiger charge is 2.20. The quantitative estimate of drug-likeness (QED) is 0.868. The number of carboxylic acids is 1. The smallest absolute Gasteiger partial charge is 0.338 e. The fourth-order valence-electron chi connectivity index (χ4n) is 2.01. The van der Waals surface area contributed by atoms with Crippen LogP contribution < -0.4 is 0 Å². The highest BCUT2D eigenvalue weighted by atomic mass is 16.5. The van der Waals surface area contributed by atoms with Crippen molar-refractivity contribution in [2.24, 2.45) is 0 Å². The van der Waals surface area contributed by atoms with Crippen molar-refractivity contribution < 1.29 is 19.4 Å². The van der Waals surface area contributed by atoms with E-state index < -0.39 is 11.9 Å². The number of aromatic carboxylic acids is 1. The number of benzene rings is 1. The summed E-state index contributed by atoms with van der Waals surface area (Å²) in [6.07, 6.45) is 3.19. The maximum absolute atomic E-state index is 11.8. The Morgan fingerprint density at radius 2 is 1.90 bits per heavy atom. The van der Waals surface area contributed by atoms with Crippen LogP contribution in [0.5, 0.6) is 0 Å². The molecule has 1 N–H and O–H groups in total. The molecule has 0 aliphatic rings. The summed E-state index contributed by atoms with van der Waals surface area (Å²) in [5.74, 6) is -1.68. The summed E-state index contributed by atoms with van der Waals surface area (Å²) in [6.45, 7) is 1.84. The lowest BCUT2D eigenvalue weighted by atomic mass is 9.94. The first-order valence-corrected chi connectivity index (χ1v) is 5.91. The minimum Gasteiger partial charge on any atom is -0.478 e. The van der Waals surface area contributed by atoms with Crippen LogP contribution in [0, 0.1) is 6.92 Å². The molecule has 0 aliphatic carbocycles. The van der Waals surface area contributed by atoms with Gasteiger partial charge in [0.15, 0.2) is 0 Å². The molecule has 5 heteroatoms. The van der Waals surface area contributed by atoms with Crippen LogP contribution in [0.2, 0.25) is 0 Å². The van der Waals surface area contributed by atoms with Crippen LogP contribution in [0.25, 0.3) is 11.1 Å². The Morgan fingerprint density at radius 1 is 1.20 bits per heavy atom. The second-order valence-electron chi connectivity index (χ2n) is 4.28. The van der Waals surface area contributed by atoms with Crippen LogP contribution in [-0.2, 0) is 4.74 Å². The van der Waals surface area contributed by atoms with Crippen LogP contribution in [0.15, 0.2) is 36.7 Å². The lowest BCUT2D eigenvalue weighted by Gasteiger charge is -2.11. The Morgan fingerprint density at radius 3 is 2.50 bits per heavy atom. The summed E-state index contributed by atoms with van der Waals surface area (Å²) in [7, 11) is 1.26. The monoisotopic (exact) mass is 271 g/mol. The highest BCUT2D eigenvalue weighted by molar-refractivity contribution is 6.05. The number of hydrogen-bond donors (Lipinski definition) is 1. The van der Waals surface area contributed by atoms with Crippen molar-refractivity contribution in [3.05, 3.63) is 53.3 Å². The minimum atomic E-state index is -1.10. The van der Waals surface area contributed by atoms with Crippen LogP contribution in [-0.4, -0.2) is 29.1 Å². The molecule has 0 aliphatic heterocycles. The van der Waals surface area contributed by atoms with E-state index in [0.29, 0.717) is 11.1 Å². The molecule has 0 saturated carbocycles. The Kier molecular flexibility index (Phi) is 3.79. The number of rotatable bonds is 3. The molecule has 0 bridgehead atoms. The minimum absolute atomic E-state index is 0.0419. The van der Waals surface area contributed by atoms with Crippen LogP contribution in [0.4, 0.5) is 0 Å². The molecule has 1 heterocycles. The Balaban J connectivity index is 2.76. The first-order chi connectivity index (χ1) is 9.54. The highest BCUT2D eigenvalue weighted by Crippen LogP contribution is 2.28. The SMILES string of the molecule is COC(=O)c1cccc(C(=O)O)c1-c1cncc(C)c1. The Hall–Kier alpha value is -2.69. The van der Waals surface area contributed by atoms with Crippen molar-refractivity contribution in [3.63, 3.8) is 0 Å². The van der Waals surface area contributed by atoms with E-state index in [-0.39, 0.29) is 11.1 Å². The number of nitrogens with zero attached hydrogens (tertiary/aromatic N) is 1. The third-order valence-corrected chi connectivity index (χ3v) is 2.86. The van der Waals surface area contributed by atoms with Gasteiger partial charge in [0, 0.05) is 23.5 Å². The fourth-order valence-corrected chi connectivity index (χ4v) is 2.01. The van der Waals surface area contributed by atoms with Gasteiger partial charge in [-0.2, -0.15) is 0 Å². The third-order valence-electron chi connectivity index (χ3n) is 2.86. The molecule has 2 rings (SSSR count). The molecule has 0 fully saturated rings. The molecule has 0 unspecified atom stereocenters. The average Bonchev–Trinajstić information content (AvgIpc) is 2.45. The molecule has 0 spiro atoms. The molecule has 0 amide bonds. The summed E-state index contributed by atoms with van der Waals surface area (Å²) >= 11 is 0. The zero-order valence-corrected chi connectivity index (χ0v) is 11.1. The standard InChI is InChI=1S/C15H13NO4/c1-9-6-10(8-16-7-9)13-11(14(17)18)4-3-5-12(13)15(19)20-2/h3-8H,1-2H3,(H,17,18). The number of esters is 1. The maximum Gasteiger partial charge on any atom is 0.338 e. The summed E-state index contributed by atoms with van der Waals surface area (Å²) in [4.78, 5) is 27.2.